The molecule has 0 saturated heterocycles. The number of benzene rings is 2. The molecule has 1 N–H and O–H groups in total. The van der Waals surface area contributed by atoms with Crippen molar-refractivity contribution < 1.29 is 27.9 Å². The van der Waals surface area contributed by atoms with Crippen LogP contribution in [0.5, 0.6) is 0 Å². The third kappa shape index (κ3) is 5.48. The molecule has 0 aliphatic carbocycles. The summed E-state index contributed by atoms with van der Waals surface area (Å²) >= 11 is 0. The van der Waals surface area contributed by atoms with Crippen molar-refractivity contribution in [2.75, 3.05) is 0 Å². The minimum Gasteiger partial charge on any atom is -0.475 e. The molecule has 0 aliphatic heterocycles. The average molecular weight is 296 g/mol. The molecule has 0 bridgehead atoms. The van der Waals surface area contributed by atoms with E-state index in [1.54, 1.807) is 0 Å². The van der Waals surface area contributed by atoms with E-state index in [0.29, 0.717) is 0 Å². The predicted molar refractivity (Wildman–Crippen MR) is 70.0 cm³/mol. The first kappa shape index (κ1) is 16.4. The highest BCUT2D eigenvalue weighted by Gasteiger charge is 2.38. The number of hydrogen-bond donors (Lipinski definition) is 1. The van der Waals surface area contributed by atoms with Crippen LogP contribution in [0.2, 0.25) is 0 Å². The third-order valence-corrected chi connectivity index (χ3v) is 2.31. The molecule has 21 heavy (non-hydrogen) atoms. The quantitative estimate of drug-likeness (QED) is 0.862. The molecule has 0 saturated carbocycles. The fraction of sp³-hybridized carbons (Fsp3) is 0.0667. The number of carboxylic acid groups (broad SMARTS) is 1. The Kier molecular flexibility index (Phi) is 5.66. The monoisotopic (exact) mass is 296 g/mol. The zero-order valence-electron chi connectivity index (χ0n) is 10.7. The minimum atomic E-state index is -5.08. The topological polar surface area (TPSA) is 54.4 Å². The molecule has 2 aromatic carbocycles. The number of rotatable bonds is 2. The highest BCUT2D eigenvalue weighted by molar-refractivity contribution is 6.08. The zero-order valence-corrected chi connectivity index (χ0v) is 10.7. The minimum absolute atomic E-state index is 0.0752. The number of alkyl halides is 3. The van der Waals surface area contributed by atoms with Crippen molar-refractivity contribution in [1.82, 2.24) is 0 Å². The largest absolute Gasteiger partial charge is 0.490 e. The predicted octanol–water partition coefficient (Wildman–Crippen LogP) is 3.55. The summed E-state index contributed by atoms with van der Waals surface area (Å²) in [5, 5.41) is 7.12. The van der Waals surface area contributed by atoms with E-state index in [9.17, 15) is 18.0 Å². The van der Waals surface area contributed by atoms with Gasteiger partial charge >= 0.3 is 12.1 Å². The summed E-state index contributed by atoms with van der Waals surface area (Å²) in [6, 6.07) is 18.6. The highest BCUT2D eigenvalue weighted by atomic mass is 19.4. The number of hydrogen-bond acceptors (Lipinski definition) is 2. The molecule has 0 heterocycles. The van der Waals surface area contributed by atoms with E-state index in [2.05, 4.69) is 0 Å². The molecule has 0 aliphatic rings. The van der Waals surface area contributed by atoms with Gasteiger partial charge in [-0.25, -0.2) is 4.79 Å². The summed E-state index contributed by atoms with van der Waals surface area (Å²) in [6.07, 6.45) is -5.08. The van der Waals surface area contributed by atoms with Crippen LogP contribution >= 0.6 is 0 Å². The van der Waals surface area contributed by atoms with Gasteiger partial charge in [0.25, 0.3) is 0 Å². The second-order valence-corrected chi connectivity index (χ2v) is 3.86. The maximum atomic E-state index is 11.8. The van der Waals surface area contributed by atoms with E-state index in [1.807, 2.05) is 60.7 Å². The lowest BCUT2D eigenvalue weighted by atomic mass is 10.0. The number of ketones is 1. The van der Waals surface area contributed by atoms with Gasteiger partial charge in [0.05, 0.1) is 0 Å². The van der Waals surface area contributed by atoms with Gasteiger partial charge in [0.1, 0.15) is 0 Å². The summed E-state index contributed by atoms with van der Waals surface area (Å²) in [5.41, 5.74) is 1.47. The molecule has 0 amide bonds. The van der Waals surface area contributed by atoms with Crippen molar-refractivity contribution in [2.24, 2.45) is 0 Å². The Balaban J connectivity index is 0.000000270. The first-order valence-corrected chi connectivity index (χ1v) is 5.77. The van der Waals surface area contributed by atoms with Crippen LogP contribution in [0.25, 0.3) is 0 Å². The Morgan fingerprint density at radius 2 is 1.05 bits per heavy atom. The van der Waals surface area contributed by atoms with Crippen LogP contribution in [-0.4, -0.2) is 23.0 Å². The van der Waals surface area contributed by atoms with Crippen molar-refractivity contribution in [1.29, 1.82) is 0 Å². The van der Waals surface area contributed by atoms with Crippen molar-refractivity contribution >= 4 is 11.8 Å². The second-order valence-electron chi connectivity index (χ2n) is 3.86. The lowest BCUT2D eigenvalue weighted by molar-refractivity contribution is -0.192. The van der Waals surface area contributed by atoms with Gasteiger partial charge in [-0.3, -0.25) is 4.79 Å². The maximum Gasteiger partial charge on any atom is 0.490 e. The molecule has 0 fully saturated rings. The van der Waals surface area contributed by atoms with E-state index in [1.165, 1.54) is 0 Å². The molecular formula is C15H11F3O3. The van der Waals surface area contributed by atoms with E-state index in [0.717, 1.165) is 11.1 Å². The Labute approximate surface area is 118 Å². The van der Waals surface area contributed by atoms with E-state index < -0.39 is 12.1 Å². The molecular weight excluding hydrogens is 285 g/mol. The normalized spacial score (nSPS) is 10.2. The van der Waals surface area contributed by atoms with Crippen LogP contribution in [0.1, 0.15) is 15.9 Å². The summed E-state index contributed by atoms with van der Waals surface area (Å²) in [5.74, 6) is -2.68. The SMILES string of the molecule is O=C(O)C(F)(F)F.O=C(c1ccccc1)c1ccccc1. The molecule has 0 unspecified atom stereocenters. The fourth-order valence-electron chi connectivity index (χ4n) is 1.35. The summed E-state index contributed by atoms with van der Waals surface area (Å²) in [6.45, 7) is 0. The Hall–Kier alpha value is -2.63. The van der Waals surface area contributed by atoms with Crippen LogP contribution in [0.15, 0.2) is 60.7 Å². The van der Waals surface area contributed by atoms with Crippen molar-refractivity contribution in [2.45, 2.75) is 6.18 Å². The summed E-state index contributed by atoms with van der Waals surface area (Å²) in [7, 11) is 0. The molecule has 6 heteroatoms. The number of halogens is 3. The lowest BCUT2D eigenvalue weighted by Gasteiger charge is -1.99. The third-order valence-electron chi connectivity index (χ3n) is 2.31. The molecule has 0 aromatic heterocycles. The second kappa shape index (κ2) is 7.23. The van der Waals surface area contributed by atoms with Gasteiger partial charge in [-0.05, 0) is 0 Å². The molecule has 2 aromatic rings. The number of carbonyl (C=O) groups is 2. The molecule has 0 spiro atoms. The average Bonchev–Trinajstić information content (AvgIpc) is 2.48. The number of aliphatic carboxylic acids is 1. The molecule has 0 radical (unpaired) electrons. The molecule has 110 valence electrons. The van der Waals surface area contributed by atoms with Crippen LogP contribution in [0.3, 0.4) is 0 Å². The van der Waals surface area contributed by atoms with Crippen LogP contribution in [0.4, 0.5) is 13.2 Å². The lowest BCUT2D eigenvalue weighted by Crippen LogP contribution is -2.21. The van der Waals surface area contributed by atoms with Gasteiger partial charge in [-0.2, -0.15) is 13.2 Å². The van der Waals surface area contributed by atoms with Crippen molar-refractivity contribution in [3.05, 3.63) is 71.8 Å². The van der Waals surface area contributed by atoms with Gasteiger partial charge in [0.15, 0.2) is 5.78 Å². The Morgan fingerprint density at radius 3 is 1.29 bits per heavy atom. The van der Waals surface area contributed by atoms with Gasteiger partial charge in [-0.15, -0.1) is 0 Å². The van der Waals surface area contributed by atoms with Crippen LogP contribution in [-0.2, 0) is 4.79 Å². The Bertz CT molecular complexity index is 551. The number of carbonyl (C=O) groups excluding carboxylic acids is 1. The fourth-order valence-corrected chi connectivity index (χ4v) is 1.35. The van der Waals surface area contributed by atoms with Gasteiger partial charge in [0, 0.05) is 11.1 Å². The molecule has 0 atom stereocenters. The molecule has 3 nitrogen and oxygen atoms in total. The molecule has 2 rings (SSSR count). The van der Waals surface area contributed by atoms with Gasteiger partial charge in [-0.1, -0.05) is 60.7 Å². The first-order valence-electron chi connectivity index (χ1n) is 5.77. The van der Waals surface area contributed by atoms with E-state index in [-0.39, 0.29) is 5.78 Å². The summed E-state index contributed by atoms with van der Waals surface area (Å²) in [4.78, 5) is 20.7. The van der Waals surface area contributed by atoms with Gasteiger partial charge in [0.2, 0.25) is 0 Å². The maximum absolute atomic E-state index is 11.8. The smallest absolute Gasteiger partial charge is 0.475 e. The standard InChI is InChI=1S/C13H10O.C2HF3O2/c14-13(11-7-3-1-4-8-11)12-9-5-2-6-10-12;3-2(4,5)1(6)7/h1-10H;(H,6,7). The van der Waals surface area contributed by atoms with E-state index in [4.69, 9.17) is 9.90 Å². The highest BCUT2D eigenvalue weighted by Crippen LogP contribution is 2.13. The van der Waals surface area contributed by atoms with Crippen LogP contribution in [0, 0.1) is 0 Å². The van der Waals surface area contributed by atoms with Crippen molar-refractivity contribution in [3.63, 3.8) is 0 Å². The van der Waals surface area contributed by atoms with Crippen molar-refractivity contribution in [3.8, 4) is 0 Å². The Morgan fingerprint density at radius 1 is 0.762 bits per heavy atom. The van der Waals surface area contributed by atoms with Gasteiger partial charge < -0.3 is 5.11 Å². The number of carboxylic acids is 1. The van der Waals surface area contributed by atoms with E-state index >= 15 is 0 Å². The zero-order chi connectivity index (χ0) is 15.9. The van der Waals surface area contributed by atoms with Crippen LogP contribution < -0.4 is 0 Å². The summed E-state index contributed by atoms with van der Waals surface area (Å²) < 4.78 is 31.7. The first-order chi connectivity index (χ1) is 9.82.